The average Bonchev–Trinajstić information content (AvgIpc) is 2.69. The zero-order valence-corrected chi connectivity index (χ0v) is 16.4. The summed E-state index contributed by atoms with van der Waals surface area (Å²) in [4.78, 5) is 18.0. The van der Waals surface area contributed by atoms with Crippen LogP contribution in [0.5, 0.6) is 5.75 Å². The Hall–Kier alpha value is -2.47. The van der Waals surface area contributed by atoms with E-state index in [0.29, 0.717) is 10.9 Å². The molecule has 2 aromatic carbocycles. The van der Waals surface area contributed by atoms with Gasteiger partial charge in [-0.3, -0.25) is 4.79 Å². The van der Waals surface area contributed by atoms with Gasteiger partial charge in [-0.2, -0.15) is 9.78 Å². The molecule has 1 N–H and O–H groups in total. The number of rotatable bonds is 3. The molecule has 1 fully saturated rings. The maximum Gasteiger partial charge on any atom is 0.282 e. The normalized spacial score (nSPS) is 15.6. The first-order chi connectivity index (χ1) is 13.1. The van der Waals surface area contributed by atoms with Crippen LogP contribution in [0, 0.1) is 0 Å². The smallest absolute Gasteiger partial charge is 0.282 e. The maximum atomic E-state index is 13.2. The van der Waals surface area contributed by atoms with E-state index in [1.165, 1.54) is 11.1 Å². The SMILES string of the molecule is O=c1c2cc(Br)ccc2nc(C2CCCCC2)n1N=Cc1ccc(O)cc1. The highest BCUT2D eigenvalue weighted by atomic mass is 79.9. The number of nitrogens with zero attached hydrogens (tertiary/aromatic N) is 3. The Morgan fingerprint density at radius 2 is 1.85 bits per heavy atom. The molecule has 3 aromatic rings. The molecule has 1 saturated carbocycles. The predicted octanol–water partition coefficient (Wildman–Crippen LogP) is 4.79. The van der Waals surface area contributed by atoms with Crippen LogP contribution in [-0.2, 0) is 0 Å². The van der Waals surface area contributed by atoms with Gasteiger partial charge in [-0.1, -0.05) is 35.2 Å². The minimum absolute atomic E-state index is 0.156. The molecule has 1 aliphatic rings. The standard InChI is InChI=1S/C21H20BrN3O2/c22-16-8-11-19-18(12-16)21(27)25(20(24-19)15-4-2-1-3-5-15)23-13-14-6-9-17(26)10-7-14/h6-13,15,26H,1-5H2. The highest BCUT2D eigenvalue weighted by molar-refractivity contribution is 9.10. The number of benzene rings is 2. The van der Waals surface area contributed by atoms with Crippen LogP contribution in [-0.4, -0.2) is 21.0 Å². The molecule has 0 spiro atoms. The molecular weight excluding hydrogens is 406 g/mol. The van der Waals surface area contributed by atoms with E-state index in [1.54, 1.807) is 36.5 Å². The molecule has 4 rings (SSSR count). The topological polar surface area (TPSA) is 67.5 Å². The van der Waals surface area contributed by atoms with Crippen molar-refractivity contribution >= 4 is 33.0 Å². The molecule has 0 radical (unpaired) electrons. The first-order valence-corrected chi connectivity index (χ1v) is 9.97. The molecule has 0 aliphatic heterocycles. The van der Waals surface area contributed by atoms with E-state index in [-0.39, 0.29) is 17.2 Å². The van der Waals surface area contributed by atoms with Crippen molar-refractivity contribution < 1.29 is 5.11 Å². The third-order valence-corrected chi connectivity index (χ3v) is 5.51. The van der Waals surface area contributed by atoms with E-state index in [0.717, 1.165) is 41.5 Å². The van der Waals surface area contributed by atoms with Gasteiger partial charge in [-0.05, 0) is 60.9 Å². The van der Waals surface area contributed by atoms with Crippen LogP contribution in [0.2, 0.25) is 0 Å². The van der Waals surface area contributed by atoms with Gasteiger partial charge in [-0.15, -0.1) is 0 Å². The van der Waals surface area contributed by atoms with Gasteiger partial charge in [0, 0.05) is 10.4 Å². The fraction of sp³-hybridized carbons (Fsp3) is 0.286. The van der Waals surface area contributed by atoms with Crippen LogP contribution in [0.3, 0.4) is 0 Å². The van der Waals surface area contributed by atoms with Crippen molar-refractivity contribution in [2.45, 2.75) is 38.0 Å². The predicted molar refractivity (Wildman–Crippen MR) is 111 cm³/mol. The molecule has 0 unspecified atom stereocenters. The Morgan fingerprint density at radius 3 is 2.59 bits per heavy atom. The van der Waals surface area contributed by atoms with Crippen LogP contribution in [0.1, 0.15) is 49.4 Å². The van der Waals surface area contributed by atoms with Gasteiger partial charge in [0.05, 0.1) is 17.1 Å². The second kappa shape index (κ2) is 7.64. The minimum Gasteiger partial charge on any atom is -0.508 e. The van der Waals surface area contributed by atoms with Crippen LogP contribution in [0.15, 0.2) is 56.8 Å². The lowest BCUT2D eigenvalue weighted by Crippen LogP contribution is -2.25. The molecule has 0 bridgehead atoms. The molecule has 1 aliphatic carbocycles. The van der Waals surface area contributed by atoms with Crippen LogP contribution >= 0.6 is 15.9 Å². The van der Waals surface area contributed by atoms with E-state index < -0.39 is 0 Å². The number of phenols is 1. The summed E-state index contributed by atoms with van der Waals surface area (Å²) in [7, 11) is 0. The molecule has 27 heavy (non-hydrogen) atoms. The first kappa shape index (κ1) is 17.9. The maximum absolute atomic E-state index is 13.2. The van der Waals surface area contributed by atoms with Gasteiger partial charge in [0.1, 0.15) is 11.6 Å². The molecule has 0 amide bonds. The fourth-order valence-corrected chi connectivity index (χ4v) is 3.95. The molecule has 0 atom stereocenters. The number of hydrogen-bond acceptors (Lipinski definition) is 4. The lowest BCUT2D eigenvalue weighted by atomic mass is 9.88. The third kappa shape index (κ3) is 3.81. The Balaban J connectivity index is 1.85. The van der Waals surface area contributed by atoms with Crippen LogP contribution in [0.4, 0.5) is 0 Å². The lowest BCUT2D eigenvalue weighted by molar-refractivity contribution is 0.416. The summed E-state index contributed by atoms with van der Waals surface area (Å²) in [6.07, 6.45) is 7.24. The molecule has 5 nitrogen and oxygen atoms in total. The molecule has 6 heteroatoms. The summed E-state index contributed by atoms with van der Waals surface area (Å²) in [5, 5.41) is 14.5. The van der Waals surface area contributed by atoms with Crippen molar-refractivity contribution in [3.8, 4) is 5.75 Å². The Kier molecular flexibility index (Phi) is 5.07. The Morgan fingerprint density at radius 1 is 1.11 bits per heavy atom. The van der Waals surface area contributed by atoms with Crippen molar-refractivity contribution in [2.75, 3.05) is 0 Å². The molecular formula is C21H20BrN3O2. The quantitative estimate of drug-likeness (QED) is 0.613. The van der Waals surface area contributed by atoms with Gasteiger partial charge < -0.3 is 5.11 Å². The number of phenolic OH excluding ortho intramolecular Hbond substituents is 1. The largest absolute Gasteiger partial charge is 0.508 e. The van der Waals surface area contributed by atoms with Gasteiger partial charge in [0.25, 0.3) is 5.56 Å². The second-order valence-electron chi connectivity index (χ2n) is 6.92. The summed E-state index contributed by atoms with van der Waals surface area (Å²) in [6.45, 7) is 0. The Labute approximate surface area is 165 Å². The third-order valence-electron chi connectivity index (χ3n) is 5.02. The summed E-state index contributed by atoms with van der Waals surface area (Å²) in [5.41, 5.74) is 1.36. The van der Waals surface area contributed by atoms with Crippen molar-refractivity contribution in [1.29, 1.82) is 0 Å². The van der Waals surface area contributed by atoms with Crippen LogP contribution in [0.25, 0.3) is 10.9 Å². The summed E-state index contributed by atoms with van der Waals surface area (Å²) >= 11 is 3.43. The molecule has 0 saturated heterocycles. The van der Waals surface area contributed by atoms with E-state index in [2.05, 4.69) is 21.0 Å². The van der Waals surface area contributed by atoms with Gasteiger partial charge >= 0.3 is 0 Å². The van der Waals surface area contributed by atoms with Gasteiger partial charge in [0.2, 0.25) is 0 Å². The summed E-state index contributed by atoms with van der Waals surface area (Å²) in [5.74, 6) is 1.19. The van der Waals surface area contributed by atoms with Crippen molar-refractivity contribution in [2.24, 2.45) is 5.10 Å². The summed E-state index contributed by atoms with van der Waals surface area (Å²) in [6, 6.07) is 12.3. The number of hydrogen-bond donors (Lipinski definition) is 1. The molecule has 138 valence electrons. The van der Waals surface area contributed by atoms with Gasteiger partial charge in [0.15, 0.2) is 0 Å². The van der Waals surface area contributed by atoms with Gasteiger partial charge in [-0.25, -0.2) is 4.98 Å². The Bertz CT molecular complexity index is 1050. The van der Waals surface area contributed by atoms with Crippen molar-refractivity contribution in [3.05, 3.63) is 68.7 Å². The summed E-state index contributed by atoms with van der Waals surface area (Å²) < 4.78 is 2.30. The van der Waals surface area contributed by atoms with Crippen molar-refractivity contribution in [1.82, 2.24) is 9.66 Å². The van der Waals surface area contributed by atoms with E-state index >= 15 is 0 Å². The zero-order valence-electron chi connectivity index (χ0n) is 14.8. The van der Waals surface area contributed by atoms with E-state index in [4.69, 9.17) is 4.98 Å². The molecule has 1 heterocycles. The fourth-order valence-electron chi connectivity index (χ4n) is 3.59. The number of aromatic hydroxyl groups is 1. The highest BCUT2D eigenvalue weighted by Crippen LogP contribution is 2.32. The first-order valence-electron chi connectivity index (χ1n) is 9.17. The average molecular weight is 426 g/mol. The number of halogens is 1. The minimum atomic E-state index is -0.156. The lowest BCUT2D eigenvalue weighted by Gasteiger charge is -2.22. The number of aromatic nitrogens is 2. The van der Waals surface area contributed by atoms with Crippen LogP contribution < -0.4 is 5.56 Å². The molecule has 1 aromatic heterocycles. The van der Waals surface area contributed by atoms with E-state index in [1.807, 2.05) is 12.1 Å². The van der Waals surface area contributed by atoms with E-state index in [9.17, 15) is 9.90 Å². The second-order valence-corrected chi connectivity index (χ2v) is 7.84. The van der Waals surface area contributed by atoms with Crippen molar-refractivity contribution in [3.63, 3.8) is 0 Å². The monoisotopic (exact) mass is 425 g/mol. The highest BCUT2D eigenvalue weighted by Gasteiger charge is 2.22. The number of fused-ring (bicyclic) bond motifs is 1. The zero-order chi connectivity index (χ0) is 18.8.